The van der Waals surface area contributed by atoms with Crippen molar-refractivity contribution in [1.29, 1.82) is 0 Å². The second-order valence-corrected chi connectivity index (χ2v) is 8.34. The minimum absolute atomic E-state index is 0.0656. The van der Waals surface area contributed by atoms with E-state index in [9.17, 15) is 4.79 Å². The lowest BCUT2D eigenvalue weighted by Gasteiger charge is -2.27. The molecule has 1 N–H and O–H groups in total. The molecule has 25 heavy (non-hydrogen) atoms. The summed E-state index contributed by atoms with van der Waals surface area (Å²) in [6.45, 7) is 1.11. The topological polar surface area (TPSA) is 38.3 Å². The lowest BCUT2D eigenvalue weighted by molar-refractivity contribution is -0.118. The van der Waals surface area contributed by atoms with E-state index in [0.717, 1.165) is 5.31 Å². The Morgan fingerprint density at radius 2 is 1.60 bits per heavy atom. The van der Waals surface area contributed by atoms with Gasteiger partial charge in [0.1, 0.15) is 0 Å². The van der Waals surface area contributed by atoms with Gasteiger partial charge in [-0.15, -0.1) is 0 Å². The van der Waals surface area contributed by atoms with Gasteiger partial charge in [0.2, 0.25) is 0 Å². The molecule has 1 heterocycles. The highest BCUT2D eigenvalue weighted by Crippen LogP contribution is 2.46. The molecule has 1 fully saturated rings. The maximum absolute atomic E-state index is 13.3. The zero-order valence-electron chi connectivity index (χ0n) is 13.8. The van der Waals surface area contributed by atoms with Crippen LogP contribution in [0.5, 0.6) is 0 Å². The molecule has 2 aromatic rings. The number of rotatable bonds is 4. The van der Waals surface area contributed by atoms with Crippen LogP contribution in [0.2, 0.25) is 0 Å². The van der Waals surface area contributed by atoms with Crippen LogP contribution in [0, 0.1) is 5.92 Å². The highest BCUT2D eigenvalue weighted by atomic mass is 31.1. The van der Waals surface area contributed by atoms with Gasteiger partial charge in [-0.05, 0) is 18.5 Å². The molecule has 1 saturated heterocycles. The van der Waals surface area contributed by atoms with E-state index in [1.807, 2.05) is 54.6 Å². The molecule has 0 radical (unpaired) electrons. The summed E-state index contributed by atoms with van der Waals surface area (Å²) >= 11 is 0. The third kappa shape index (κ3) is 3.36. The molecule has 3 nitrogen and oxygen atoms in total. The second kappa shape index (κ2) is 7.45. The van der Waals surface area contributed by atoms with Crippen LogP contribution in [0.1, 0.15) is 0 Å². The molecular formula is C21H20NO2P. The van der Waals surface area contributed by atoms with Gasteiger partial charge in [-0.25, -0.2) is 0 Å². The number of hydrogen-bond acceptors (Lipinski definition) is 3. The Hall–Kier alpha value is -2.06. The van der Waals surface area contributed by atoms with E-state index in [1.165, 1.54) is 10.6 Å². The fraction of sp³-hybridized carbons (Fsp3) is 0.190. The molecule has 1 aliphatic heterocycles. The highest BCUT2D eigenvalue weighted by molar-refractivity contribution is 7.77. The fourth-order valence-electron chi connectivity index (χ4n) is 3.33. The summed E-state index contributed by atoms with van der Waals surface area (Å²) in [5, 5.41) is 6.60. The second-order valence-electron chi connectivity index (χ2n) is 6.16. The normalized spacial score (nSPS) is 23.1. The first kappa shape index (κ1) is 16.4. The molecule has 0 saturated carbocycles. The first-order valence-electron chi connectivity index (χ1n) is 8.48. The summed E-state index contributed by atoms with van der Waals surface area (Å²) in [6, 6.07) is 20.8. The van der Waals surface area contributed by atoms with E-state index in [2.05, 4.69) is 29.6 Å². The van der Waals surface area contributed by atoms with Crippen molar-refractivity contribution in [3.63, 3.8) is 0 Å². The van der Waals surface area contributed by atoms with E-state index in [1.54, 1.807) is 0 Å². The average Bonchev–Trinajstić information content (AvgIpc) is 3.20. The quantitative estimate of drug-likeness (QED) is 0.863. The summed E-state index contributed by atoms with van der Waals surface area (Å²) < 4.78 is 5.41. The Morgan fingerprint density at radius 3 is 2.16 bits per heavy atom. The van der Waals surface area contributed by atoms with Gasteiger partial charge in [0.05, 0.1) is 19.3 Å². The standard InChI is InChI=1S/C21H20NO2P/c23-21-18(19-14-24-15-22-19)12-7-13-20(21)25(16-8-3-1-4-9-16)17-10-5-2-6-11-17/h1-13,18-19,22H,14-15H2/t18?,19-/m1/s1. The number of ketones is 1. The highest BCUT2D eigenvalue weighted by Gasteiger charge is 2.35. The molecule has 4 rings (SSSR count). The molecule has 2 atom stereocenters. The van der Waals surface area contributed by atoms with Gasteiger partial charge in [-0.3, -0.25) is 10.1 Å². The van der Waals surface area contributed by atoms with Crippen molar-refractivity contribution in [3.05, 3.63) is 84.2 Å². The van der Waals surface area contributed by atoms with Crippen LogP contribution < -0.4 is 15.9 Å². The summed E-state index contributed by atoms with van der Waals surface area (Å²) in [4.78, 5) is 13.3. The zero-order valence-corrected chi connectivity index (χ0v) is 14.7. The first-order chi connectivity index (χ1) is 12.3. The Morgan fingerprint density at radius 1 is 0.960 bits per heavy atom. The van der Waals surface area contributed by atoms with Crippen LogP contribution in [0.25, 0.3) is 0 Å². The van der Waals surface area contributed by atoms with E-state index in [-0.39, 0.29) is 17.7 Å². The molecule has 126 valence electrons. The van der Waals surface area contributed by atoms with Crippen LogP contribution in [0.3, 0.4) is 0 Å². The molecule has 0 bridgehead atoms. The Bertz CT molecular complexity index is 756. The van der Waals surface area contributed by atoms with Crippen LogP contribution in [0.15, 0.2) is 84.2 Å². The van der Waals surface area contributed by atoms with Gasteiger partial charge in [-0.1, -0.05) is 78.9 Å². The number of carbonyl (C=O) groups is 1. The summed E-state index contributed by atoms with van der Waals surface area (Å²) in [5.74, 6) is 0.0595. The first-order valence-corrected chi connectivity index (χ1v) is 9.83. The molecule has 1 aliphatic carbocycles. The van der Waals surface area contributed by atoms with Crippen LogP contribution >= 0.6 is 7.92 Å². The number of Topliss-reactive ketones (excluding diaryl/α,β-unsaturated/α-hetero) is 1. The number of benzene rings is 2. The van der Waals surface area contributed by atoms with Gasteiger partial charge in [0, 0.05) is 11.4 Å². The van der Waals surface area contributed by atoms with E-state index >= 15 is 0 Å². The maximum Gasteiger partial charge on any atom is 0.172 e. The van der Waals surface area contributed by atoms with Crippen LogP contribution in [-0.4, -0.2) is 25.2 Å². The predicted molar refractivity (Wildman–Crippen MR) is 103 cm³/mol. The number of ether oxygens (including phenoxy) is 1. The van der Waals surface area contributed by atoms with Gasteiger partial charge >= 0.3 is 0 Å². The van der Waals surface area contributed by atoms with E-state index < -0.39 is 7.92 Å². The number of hydrogen-bond donors (Lipinski definition) is 1. The minimum atomic E-state index is -0.858. The molecule has 2 aliphatic rings. The van der Waals surface area contributed by atoms with Gasteiger partial charge in [-0.2, -0.15) is 0 Å². The molecule has 0 aromatic heterocycles. The Kier molecular flexibility index (Phi) is 4.89. The van der Waals surface area contributed by atoms with Crippen molar-refractivity contribution < 1.29 is 9.53 Å². The predicted octanol–water partition coefficient (Wildman–Crippen LogP) is 2.70. The summed E-state index contributed by atoms with van der Waals surface area (Å²) in [7, 11) is -0.858. The molecule has 2 aromatic carbocycles. The van der Waals surface area contributed by atoms with Gasteiger partial charge in [0.25, 0.3) is 0 Å². The van der Waals surface area contributed by atoms with Crippen LogP contribution in [-0.2, 0) is 9.53 Å². The minimum Gasteiger partial charge on any atom is -0.365 e. The van der Waals surface area contributed by atoms with Crippen molar-refractivity contribution in [1.82, 2.24) is 5.32 Å². The third-order valence-electron chi connectivity index (χ3n) is 4.58. The third-order valence-corrected chi connectivity index (χ3v) is 7.06. The fourth-order valence-corrected chi connectivity index (χ4v) is 5.73. The number of nitrogens with one attached hydrogen (secondary N) is 1. The number of carbonyl (C=O) groups excluding carboxylic acids is 1. The number of allylic oxidation sites excluding steroid dienone is 3. The monoisotopic (exact) mass is 349 g/mol. The van der Waals surface area contributed by atoms with Gasteiger partial charge < -0.3 is 4.74 Å². The Balaban J connectivity index is 1.73. The summed E-state index contributed by atoms with van der Waals surface area (Å²) in [5.41, 5.74) is 0. The zero-order chi connectivity index (χ0) is 17.1. The molecule has 4 heteroatoms. The molecule has 1 unspecified atom stereocenters. The molecule has 0 spiro atoms. The van der Waals surface area contributed by atoms with Crippen molar-refractivity contribution in [2.75, 3.05) is 13.3 Å². The largest absolute Gasteiger partial charge is 0.365 e. The smallest absolute Gasteiger partial charge is 0.172 e. The SMILES string of the molecule is O=C1C(P(c2ccccc2)c2ccccc2)=CC=CC1[C@H]1COCN1. The lowest BCUT2D eigenvalue weighted by atomic mass is 9.92. The lowest BCUT2D eigenvalue weighted by Crippen LogP contribution is -2.38. The van der Waals surface area contributed by atoms with Crippen molar-refractivity contribution in [2.45, 2.75) is 6.04 Å². The molecule has 0 amide bonds. The van der Waals surface area contributed by atoms with Crippen molar-refractivity contribution >= 4 is 24.3 Å². The van der Waals surface area contributed by atoms with Crippen LogP contribution in [0.4, 0.5) is 0 Å². The maximum atomic E-state index is 13.3. The summed E-state index contributed by atoms with van der Waals surface area (Å²) in [6.07, 6.45) is 6.03. The Labute approximate surface area is 149 Å². The van der Waals surface area contributed by atoms with E-state index in [0.29, 0.717) is 13.3 Å². The van der Waals surface area contributed by atoms with Gasteiger partial charge in [0.15, 0.2) is 5.78 Å². The molecular weight excluding hydrogens is 329 g/mol. The van der Waals surface area contributed by atoms with Crippen molar-refractivity contribution in [2.24, 2.45) is 5.92 Å². The van der Waals surface area contributed by atoms with E-state index in [4.69, 9.17) is 4.74 Å². The average molecular weight is 349 g/mol. The van der Waals surface area contributed by atoms with Crippen molar-refractivity contribution in [3.8, 4) is 0 Å².